The Morgan fingerprint density at radius 1 is 1.00 bits per heavy atom. The highest BCUT2D eigenvalue weighted by Gasteiger charge is 2.14. The van der Waals surface area contributed by atoms with Gasteiger partial charge in [-0.15, -0.1) is 0 Å². The van der Waals surface area contributed by atoms with Crippen molar-refractivity contribution in [2.24, 2.45) is 4.99 Å². The fraction of sp³-hybridized carbons (Fsp3) is 0.588. The van der Waals surface area contributed by atoms with E-state index in [4.69, 9.17) is 14.2 Å². The predicted molar refractivity (Wildman–Crippen MR) is 93.8 cm³/mol. The second-order valence-corrected chi connectivity index (χ2v) is 6.09. The van der Waals surface area contributed by atoms with Crippen molar-refractivity contribution in [1.82, 2.24) is 10.6 Å². The molecule has 1 aromatic rings. The molecule has 0 bridgehead atoms. The first kappa shape index (κ1) is 18.9. The van der Waals surface area contributed by atoms with Gasteiger partial charge in [0.2, 0.25) is 0 Å². The SMILES string of the molecule is CCNC(=NCc1cc(OC)c(OC)cc1OC)NC(C)(C)C. The Balaban J connectivity index is 3.07. The number of rotatable bonds is 6. The first-order valence-electron chi connectivity index (χ1n) is 7.70. The topological polar surface area (TPSA) is 64.1 Å². The minimum absolute atomic E-state index is 0.0668. The summed E-state index contributed by atoms with van der Waals surface area (Å²) in [5, 5.41) is 6.60. The van der Waals surface area contributed by atoms with Crippen LogP contribution in [0.1, 0.15) is 33.3 Å². The highest BCUT2D eigenvalue weighted by molar-refractivity contribution is 5.80. The summed E-state index contributed by atoms with van der Waals surface area (Å²) in [6.07, 6.45) is 0. The second kappa shape index (κ2) is 8.50. The van der Waals surface area contributed by atoms with Gasteiger partial charge in [-0.1, -0.05) is 0 Å². The summed E-state index contributed by atoms with van der Waals surface area (Å²) in [5.41, 5.74) is 0.860. The van der Waals surface area contributed by atoms with E-state index in [0.717, 1.165) is 23.8 Å². The van der Waals surface area contributed by atoms with Crippen molar-refractivity contribution >= 4 is 5.96 Å². The zero-order valence-electron chi connectivity index (χ0n) is 15.2. The molecule has 0 aliphatic heterocycles. The van der Waals surface area contributed by atoms with Crippen LogP contribution < -0.4 is 24.8 Å². The van der Waals surface area contributed by atoms with Crippen LogP contribution in [0.25, 0.3) is 0 Å². The molecule has 0 aliphatic rings. The summed E-state index contributed by atoms with van der Waals surface area (Å²) in [5.74, 6) is 2.78. The quantitative estimate of drug-likeness (QED) is 0.622. The smallest absolute Gasteiger partial charge is 0.191 e. The molecule has 0 atom stereocenters. The Kier molecular flexibility index (Phi) is 7.00. The Labute approximate surface area is 139 Å². The molecule has 0 aromatic heterocycles. The largest absolute Gasteiger partial charge is 0.496 e. The first-order valence-corrected chi connectivity index (χ1v) is 7.70. The average Bonchev–Trinajstić information content (AvgIpc) is 2.50. The van der Waals surface area contributed by atoms with E-state index in [1.54, 1.807) is 21.3 Å². The number of guanidine groups is 1. The molecule has 0 aliphatic carbocycles. The Bertz CT molecular complexity index is 537. The summed E-state index contributed by atoms with van der Waals surface area (Å²) >= 11 is 0. The third kappa shape index (κ3) is 5.88. The van der Waals surface area contributed by atoms with E-state index in [9.17, 15) is 0 Å². The number of benzene rings is 1. The van der Waals surface area contributed by atoms with Gasteiger partial charge < -0.3 is 24.8 Å². The van der Waals surface area contributed by atoms with Gasteiger partial charge in [-0.3, -0.25) is 0 Å². The molecule has 0 heterocycles. The molecule has 23 heavy (non-hydrogen) atoms. The van der Waals surface area contributed by atoms with E-state index in [0.29, 0.717) is 18.0 Å². The number of hydrogen-bond acceptors (Lipinski definition) is 4. The van der Waals surface area contributed by atoms with Gasteiger partial charge in [0.1, 0.15) is 5.75 Å². The molecule has 0 amide bonds. The van der Waals surface area contributed by atoms with Crippen LogP contribution in [-0.4, -0.2) is 39.4 Å². The van der Waals surface area contributed by atoms with Gasteiger partial charge in [-0.25, -0.2) is 4.99 Å². The lowest BCUT2D eigenvalue weighted by molar-refractivity contribution is 0.347. The van der Waals surface area contributed by atoms with Crippen molar-refractivity contribution in [2.45, 2.75) is 39.8 Å². The number of nitrogens with one attached hydrogen (secondary N) is 2. The van der Waals surface area contributed by atoms with Gasteiger partial charge in [-0.2, -0.15) is 0 Å². The molecule has 130 valence electrons. The molecular formula is C17H29N3O3. The Morgan fingerprint density at radius 2 is 1.57 bits per heavy atom. The van der Waals surface area contributed by atoms with E-state index in [2.05, 4.69) is 36.4 Å². The maximum absolute atomic E-state index is 5.43. The number of aliphatic imine (C=N–C) groups is 1. The average molecular weight is 323 g/mol. The van der Waals surface area contributed by atoms with Crippen molar-refractivity contribution in [3.63, 3.8) is 0 Å². The van der Waals surface area contributed by atoms with Gasteiger partial charge in [0.25, 0.3) is 0 Å². The number of ether oxygens (including phenoxy) is 3. The molecule has 6 heteroatoms. The summed E-state index contributed by atoms with van der Waals surface area (Å²) in [4.78, 5) is 4.63. The van der Waals surface area contributed by atoms with Crippen LogP contribution in [0, 0.1) is 0 Å². The van der Waals surface area contributed by atoms with Gasteiger partial charge in [0.15, 0.2) is 17.5 Å². The molecule has 1 aromatic carbocycles. The molecule has 0 saturated heterocycles. The molecule has 2 N–H and O–H groups in total. The maximum Gasteiger partial charge on any atom is 0.191 e. The predicted octanol–water partition coefficient (Wildman–Crippen LogP) is 2.57. The van der Waals surface area contributed by atoms with Crippen LogP contribution in [0.2, 0.25) is 0 Å². The number of hydrogen-bond donors (Lipinski definition) is 2. The number of nitrogens with zero attached hydrogens (tertiary/aromatic N) is 1. The molecule has 0 fully saturated rings. The highest BCUT2D eigenvalue weighted by Crippen LogP contribution is 2.34. The third-order valence-electron chi connectivity index (χ3n) is 3.03. The minimum Gasteiger partial charge on any atom is -0.496 e. The van der Waals surface area contributed by atoms with Crippen molar-refractivity contribution < 1.29 is 14.2 Å². The summed E-state index contributed by atoms with van der Waals surface area (Å²) in [6.45, 7) is 9.58. The lowest BCUT2D eigenvalue weighted by Gasteiger charge is -2.23. The number of methoxy groups -OCH3 is 3. The van der Waals surface area contributed by atoms with E-state index in [1.165, 1.54) is 0 Å². The van der Waals surface area contributed by atoms with Crippen LogP contribution >= 0.6 is 0 Å². The van der Waals surface area contributed by atoms with Gasteiger partial charge >= 0.3 is 0 Å². The third-order valence-corrected chi connectivity index (χ3v) is 3.03. The summed E-state index contributed by atoms with van der Waals surface area (Å²) in [6, 6.07) is 3.70. The van der Waals surface area contributed by atoms with Crippen LogP contribution in [-0.2, 0) is 6.54 Å². The Morgan fingerprint density at radius 3 is 2.04 bits per heavy atom. The highest BCUT2D eigenvalue weighted by atomic mass is 16.5. The lowest BCUT2D eigenvalue weighted by atomic mass is 10.1. The molecule has 0 radical (unpaired) electrons. The van der Waals surface area contributed by atoms with Crippen molar-refractivity contribution in [2.75, 3.05) is 27.9 Å². The molecule has 6 nitrogen and oxygen atoms in total. The Hall–Kier alpha value is -2.11. The van der Waals surface area contributed by atoms with Gasteiger partial charge in [-0.05, 0) is 33.8 Å². The van der Waals surface area contributed by atoms with E-state index < -0.39 is 0 Å². The zero-order chi connectivity index (χ0) is 17.5. The fourth-order valence-electron chi connectivity index (χ4n) is 2.04. The monoisotopic (exact) mass is 323 g/mol. The zero-order valence-corrected chi connectivity index (χ0v) is 15.2. The summed E-state index contributed by atoms with van der Waals surface area (Å²) in [7, 11) is 4.85. The molecule has 1 rings (SSSR count). The van der Waals surface area contributed by atoms with Crippen molar-refractivity contribution in [1.29, 1.82) is 0 Å². The van der Waals surface area contributed by atoms with E-state index in [-0.39, 0.29) is 5.54 Å². The fourth-order valence-corrected chi connectivity index (χ4v) is 2.04. The maximum atomic E-state index is 5.43. The van der Waals surface area contributed by atoms with Crippen molar-refractivity contribution in [3.05, 3.63) is 17.7 Å². The second-order valence-electron chi connectivity index (χ2n) is 6.09. The molecule has 0 saturated carbocycles. The van der Waals surface area contributed by atoms with Gasteiger partial charge in [0.05, 0.1) is 27.9 Å². The van der Waals surface area contributed by atoms with Gasteiger partial charge in [0, 0.05) is 23.7 Å². The van der Waals surface area contributed by atoms with Crippen LogP contribution in [0.5, 0.6) is 17.2 Å². The first-order chi connectivity index (χ1) is 10.8. The lowest BCUT2D eigenvalue weighted by Crippen LogP contribution is -2.47. The van der Waals surface area contributed by atoms with Crippen LogP contribution in [0.15, 0.2) is 17.1 Å². The summed E-state index contributed by atoms with van der Waals surface area (Å²) < 4.78 is 16.1. The van der Waals surface area contributed by atoms with Crippen LogP contribution in [0.4, 0.5) is 0 Å². The standard InChI is InChI=1S/C17H29N3O3/c1-8-18-16(20-17(2,3)4)19-11-12-9-14(22-6)15(23-7)10-13(12)21-5/h9-10H,8,11H2,1-7H3,(H2,18,19,20). The van der Waals surface area contributed by atoms with E-state index in [1.807, 2.05) is 19.1 Å². The van der Waals surface area contributed by atoms with Crippen LogP contribution in [0.3, 0.4) is 0 Å². The van der Waals surface area contributed by atoms with Crippen molar-refractivity contribution in [3.8, 4) is 17.2 Å². The van der Waals surface area contributed by atoms with E-state index >= 15 is 0 Å². The molecule has 0 spiro atoms. The molecular weight excluding hydrogens is 294 g/mol. The normalized spacial score (nSPS) is 11.9. The minimum atomic E-state index is -0.0668. The molecule has 0 unspecified atom stereocenters.